The molecule has 0 spiro atoms. The lowest BCUT2D eigenvalue weighted by atomic mass is 9.96. The van der Waals surface area contributed by atoms with E-state index < -0.39 is 0 Å². The summed E-state index contributed by atoms with van der Waals surface area (Å²) in [5.74, 6) is 0.297. The van der Waals surface area contributed by atoms with Gasteiger partial charge in [0.25, 0.3) is 0 Å². The van der Waals surface area contributed by atoms with Gasteiger partial charge in [-0.3, -0.25) is 4.79 Å². The second-order valence-corrected chi connectivity index (χ2v) is 8.29. The molecule has 3 aromatic rings. The van der Waals surface area contributed by atoms with Crippen molar-refractivity contribution in [1.29, 1.82) is 0 Å². The van der Waals surface area contributed by atoms with Crippen LogP contribution < -0.4 is 5.32 Å². The summed E-state index contributed by atoms with van der Waals surface area (Å²) in [5, 5.41) is 18.3. The van der Waals surface area contributed by atoms with Gasteiger partial charge in [-0.05, 0) is 46.5 Å². The number of benzene rings is 2. The Hall–Kier alpha value is -2.41. The van der Waals surface area contributed by atoms with Crippen LogP contribution in [0.25, 0.3) is 10.8 Å². The number of thioether (sulfide) groups is 1. The van der Waals surface area contributed by atoms with E-state index in [0.29, 0.717) is 11.8 Å². The third-order valence-electron chi connectivity index (χ3n) is 5.38. The maximum atomic E-state index is 12.5. The summed E-state index contributed by atoms with van der Waals surface area (Å²) in [6, 6.07) is 14.8. The van der Waals surface area contributed by atoms with Gasteiger partial charge >= 0.3 is 0 Å². The Labute approximate surface area is 169 Å². The molecule has 28 heavy (non-hydrogen) atoms. The predicted octanol–water partition coefficient (Wildman–Crippen LogP) is 4.30. The van der Waals surface area contributed by atoms with Gasteiger partial charge in [0.15, 0.2) is 0 Å². The van der Waals surface area contributed by atoms with Gasteiger partial charge in [-0.15, -0.1) is 5.10 Å². The highest BCUT2D eigenvalue weighted by atomic mass is 32.2. The first kappa shape index (κ1) is 18.9. The number of fused-ring (bicyclic) bond motifs is 1. The van der Waals surface area contributed by atoms with E-state index in [2.05, 4.69) is 45.1 Å². The van der Waals surface area contributed by atoms with Crippen LogP contribution in [-0.2, 0) is 4.79 Å². The highest BCUT2D eigenvalue weighted by Crippen LogP contribution is 2.30. The van der Waals surface area contributed by atoms with E-state index in [0.717, 1.165) is 23.6 Å². The highest BCUT2D eigenvalue weighted by molar-refractivity contribution is 7.99. The van der Waals surface area contributed by atoms with Crippen molar-refractivity contribution in [3.63, 3.8) is 0 Å². The van der Waals surface area contributed by atoms with E-state index in [1.807, 2.05) is 29.8 Å². The van der Waals surface area contributed by atoms with Crippen LogP contribution in [0.1, 0.15) is 56.7 Å². The zero-order valence-corrected chi connectivity index (χ0v) is 16.9. The second-order valence-electron chi connectivity index (χ2n) is 7.34. The first-order valence-corrected chi connectivity index (χ1v) is 10.9. The Morgan fingerprint density at radius 3 is 2.82 bits per heavy atom. The zero-order valence-electron chi connectivity index (χ0n) is 16.0. The fraction of sp³-hybridized carbons (Fsp3) is 0.429. The number of carbonyl (C=O) groups excluding carboxylic acids is 1. The number of nitrogens with zero attached hydrogens (tertiary/aromatic N) is 4. The summed E-state index contributed by atoms with van der Waals surface area (Å²) in [5.41, 5.74) is 1.13. The standard InChI is InChI=1S/C21H25N5OS/c1-15(18-13-7-9-16-8-5-6-12-19(16)18)22-20(27)14-28-21-23-24-25-26(21)17-10-3-2-4-11-17/h5-9,12-13,15,17H,2-4,10-11,14H2,1H3,(H,22,27)/t15-/m1/s1. The molecule has 1 aliphatic carbocycles. The summed E-state index contributed by atoms with van der Waals surface area (Å²) in [6.45, 7) is 2.02. The lowest BCUT2D eigenvalue weighted by Crippen LogP contribution is -2.28. The van der Waals surface area contributed by atoms with Gasteiger partial charge in [0, 0.05) is 0 Å². The molecule has 1 aromatic heterocycles. The van der Waals surface area contributed by atoms with Crippen molar-refractivity contribution >= 4 is 28.4 Å². The van der Waals surface area contributed by atoms with E-state index in [-0.39, 0.29) is 11.9 Å². The van der Waals surface area contributed by atoms with Crippen LogP contribution in [0.2, 0.25) is 0 Å². The van der Waals surface area contributed by atoms with Crippen LogP contribution in [0.3, 0.4) is 0 Å². The minimum Gasteiger partial charge on any atom is -0.349 e. The van der Waals surface area contributed by atoms with E-state index >= 15 is 0 Å². The Bertz CT molecular complexity index is 945. The number of rotatable bonds is 6. The molecule has 0 unspecified atom stereocenters. The molecule has 0 aliphatic heterocycles. The third kappa shape index (κ3) is 4.19. The number of hydrogen-bond donors (Lipinski definition) is 1. The molecule has 1 N–H and O–H groups in total. The molecule has 2 aromatic carbocycles. The largest absolute Gasteiger partial charge is 0.349 e. The van der Waals surface area contributed by atoms with Gasteiger partial charge in [0.1, 0.15) is 0 Å². The molecule has 1 atom stereocenters. The molecular weight excluding hydrogens is 370 g/mol. The first-order chi connectivity index (χ1) is 13.7. The summed E-state index contributed by atoms with van der Waals surface area (Å²) in [7, 11) is 0. The first-order valence-electron chi connectivity index (χ1n) is 9.90. The highest BCUT2D eigenvalue weighted by Gasteiger charge is 2.21. The Kier molecular flexibility index (Phi) is 5.90. The zero-order chi connectivity index (χ0) is 19.3. The molecular formula is C21H25N5OS. The maximum Gasteiger partial charge on any atom is 0.230 e. The van der Waals surface area contributed by atoms with Crippen LogP contribution >= 0.6 is 11.8 Å². The number of carbonyl (C=O) groups is 1. The Morgan fingerprint density at radius 1 is 1.18 bits per heavy atom. The van der Waals surface area contributed by atoms with Crippen molar-refractivity contribution in [2.75, 3.05) is 5.75 Å². The van der Waals surface area contributed by atoms with Crippen LogP contribution in [0, 0.1) is 0 Å². The van der Waals surface area contributed by atoms with Crippen molar-refractivity contribution in [2.24, 2.45) is 0 Å². The molecule has 1 aliphatic rings. The van der Waals surface area contributed by atoms with Crippen molar-refractivity contribution < 1.29 is 4.79 Å². The van der Waals surface area contributed by atoms with Crippen LogP contribution in [0.4, 0.5) is 0 Å². The molecule has 0 bridgehead atoms. The predicted molar refractivity (Wildman–Crippen MR) is 111 cm³/mol. The molecule has 1 heterocycles. The van der Waals surface area contributed by atoms with Gasteiger partial charge in [0.2, 0.25) is 11.1 Å². The van der Waals surface area contributed by atoms with Crippen molar-refractivity contribution in [3.05, 3.63) is 48.0 Å². The number of amides is 1. The second kappa shape index (κ2) is 8.73. The minimum atomic E-state index is -0.0615. The lowest BCUT2D eigenvalue weighted by Gasteiger charge is -2.22. The molecule has 0 radical (unpaired) electrons. The maximum absolute atomic E-state index is 12.5. The summed E-state index contributed by atoms with van der Waals surface area (Å²) in [6.07, 6.45) is 5.96. The average molecular weight is 396 g/mol. The number of nitrogens with one attached hydrogen (secondary N) is 1. The minimum absolute atomic E-state index is 0.0105. The molecule has 1 amide bonds. The van der Waals surface area contributed by atoms with E-state index in [1.54, 1.807) is 0 Å². The Morgan fingerprint density at radius 2 is 1.96 bits per heavy atom. The molecule has 0 saturated heterocycles. The van der Waals surface area contributed by atoms with E-state index in [1.165, 1.54) is 41.8 Å². The molecule has 4 rings (SSSR count). The average Bonchev–Trinajstić information content (AvgIpc) is 3.21. The van der Waals surface area contributed by atoms with Gasteiger partial charge in [0.05, 0.1) is 17.8 Å². The van der Waals surface area contributed by atoms with Crippen LogP contribution in [0.5, 0.6) is 0 Å². The fourth-order valence-corrected chi connectivity index (χ4v) is 4.71. The van der Waals surface area contributed by atoms with Gasteiger partial charge in [-0.2, -0.15) is 0 Å². The molecule has 1 fully saturated rings. The van der Waals surface area contributed by atoms with Crippen LogP contribution in [-0.4, -0.2) is 31.9 Å². The van der Waals surface area contributed by atoms with E-state index in [9.17, 15) is 4.79 Å². The number of tetrazole rings is 1. The van der Waals surface area contributed by atoms with Crippen molar-refractivity contribution in [2.45, 2.75) is 56.3 Å². The Balaban J connectivity index is 1.38. The quantitative estimate of drug-likeness (QED) is 0.630. The summed E-state index contributed by atoms with van der Waals surface area (Å²) in [4.78, 5) is 12.5. The fourth-order valence-electron chi connectivity index (χ4n) is 3.95. The van der Waals surface area contributed by atoms with E-state index in [4.69, 9.17) is 0 Å². The molecule has 6 nitrogen and oxygen atoms in total. The summed E-state index contributed by atoms with van der Waals surface area (Å²) >= 11 is 1.41. The van der Waals surface area contributed by atoms with Crippen molar-refractivity contribution in [1.82, 2.24) is 25.5 Å². The molecule has 1 saturated carbocycles. The summed E-state index contributed by atoms with van der Waals surface area (Å²) < 4.78 is 1.91. The van der Waals surface area contributed by atoms with Crippen LogP contribution in [0.15, 0.2) is 47.6 Å². The number of hydrogen-bond acceptors (Lipinski definition) is 5. The molecule has 146 valence electrons. The third-order valence-corrected chi connectivity index (χ3v) is 6.32. The van der Waals surface area contributed by atoms with Gasteiger partial charge < -0.3 is 5.32 Å². The number of aromatic nitrogens is 4. The van der Waals surface area contributed by atoms with Gasteiger partial charge in [-0.25, -0.2) is 4.68 Å². The van der Waals surface area contributed by atoms with Crippen molar-refractivity contribution in [3.8, 4) is 0 Å². The smallest absolute Gasteiger partial charge is 0.230 e. The monoisotopic (exact) mass is 395 g/mol. The normalized spacial score (nSPS) is 16.2. The lowest BCUT2D eigenvalue weighted by molar-refractivity contribution is -0.119. The molecule has 7 heteroatoms. The SMILES string of the molecule is C[C@@H](NC(=O)CSc1nnnn1C1CCCCC1)c1cccc2ccccc12. The topological polar surface area (TPSA) is 72.7 Å². The van der Waals surface area contributed by atoms with Gasteiger partial charge in [-0.1, -0.05) is 73.5 Å².